The molecular formula is C14H18N2O3. The van der Waals surface area contributed by atoms with Crippen molar-refractivity contribution in [3.05, 3.63) is 30.2 Å². The number of rotatable bonds is 3. The van der Waals surface area contributed by atoms with Crippen LogP contribution < -0.4 is 0 Å². The van der Waals surface area contributed by atoms with E-state index in [1.54, 1.807) is 6.26 Å². The van der Waals surface area contributed by atoms with E-state index >= 15 is 0 Å². The van der Waals surface area contributed by atoms with Crippen LogP contribution in [0, 0.1) is 0 Å². The van der Waals surface area contributed by atoms with Crippen LogP contribution in [-0.4, -0.2) is 33.9 Å². The van der Waals surface area contributed by atoms with E-state index in [0.29, 0.717) is 24.6 Å². The van der Waals surface area contributed by atoms with Gasteiger partial charge in [-0.2, -0.15) is 0 Å². The standard InChI is InChI=1S/C14H18N2O3/c1-14(17)5-3-6-16(10-14)9-11-8-13(19-15-11)12-4-2-7-18-12/h2,4,7-8,17H,3,5-6,9-10H2,1H3. The maximum absolute atomic E-state index is 10.1. The minimum absolute atomic E-state index is 0.591. The Kier molecular flexibility index (Phi) is 3.16. The molecule has 0 radical (unpaired) electrons. The predicted molar refractivity (Wildman–Crippen MR) is 69.3 cm³/mol. The molecule has 19 heavy (non-hydrogen) atoms. The van der Waals surface area contributed by atoms with Crippen LogP contribution in [0.4, 0.5) is 0 Å². The SMILES string of the molecule is CC1(O)CCCN(Cc2cc(-c3ccco3)on2)C1. The van der Waals surface area contributed by atoms with Crippen molar-refractivity contribution in [2.45, 2.75) is 31.9 Å². The summed E-state index contributed by atoms with van der Waals surface area (Å²) in [5.74, 6) is 1.33. The summed E-state index contributed by atoms with van der Waals surface area (Å²) in [6.45, 7) is 4.24. The average molecular weight is 262 g/mol. The minimum atomic E-state index is -0.591. The lowest BCUT2D eigenvalue weighted by atomic mass is 9.95. The molecule has 1 fully saturated rings. The van der Waals surface area contributed by atoms with Gasteiger partial charge >= 0.3 is 0 Å². The largest absolute Gasteiger partial charge is 0.461 e. The second-order valence-corrected chi connectivity index (χ2v) is 5.47. The molecule has 3 rings (SSSR count). The lowest BCUT2D eigenvalue weighted by Crippen LogP contribution is -2.45. The molecule has 5 heteroatoms. The van der Waals surface area contributed by atoms with Gasteiger partial charge < -0.3 is 14.0 Å². The van der Waals surface area contributed by atoms with Crippen LogP contribution in [0.1, 0.15) is 25.5 Å². The summed E-state index contributed by atoms with van der Waals surface area (Å²) >= 11 is 0. The van der Waals surface area contributed by atoms with Crippen LogP contribution in [0.5, 0.6) is 0 Å². The molecular weight excluding hydrogens is 244 g/mol. The molecule has 1 aliphatic rings. The zero-order chi connectivity index (χ0) is 13.3. The highest BCUT2D eigenvalue weighted by Crippen LogP contribution is 2.24. The van der Waals surface area contributed by atoms with E-state index < -0.39 is 5.60 Å². The Morgan fingerprint density at radius 3 is 3.11 bits per heavy atom. The Bertz CT molecular complexity index is 531. The molecule has 1 unspecified atom stereocenters. The van der Waals surface area contributed by atoms with Gasteiger partial charge in [0.1, 0.15) is 0 Å². The summed E-state index contributed by atoms with van der Waals surface area (Å²) in [5, 5.41) is 14.1. The Morgan fingerprint density at radius 1 is 1.47 bits per heavy atom. The zero-order valence-corrected chi connectivity index (χ0v) is 11.0. The van der Waals surface area contributed by atoms with E-state index in [0.717, 1.165) is 25.1 Å². The summed E-state index contributed by atoms with van der Waals surface area (Å²) in [7, 11) is 0. The minimum Gasteiger partial charge on any atom is -0.461 e. The van der Waals surface area contributed by atoms with Gasteiger partial charge in [0, 0.05) is 19.2 Å². The molecule has 102 valence electrons. The molecule has 5 nitrogen and oxygen atoms in total. The van der Waals surface area contributed by atoms with Crippen LogP contribution >= 0.6 is 0 Å². The molecule has 3 heterocycles. The fourth-order valence-electron chi connectivity index (χ4n) is 2.61. The number of aliphatic hydroxyl groups is 1. The van der Waals surface area contributed by atoms with Crippen LogP contribution in [-0.2, 0) is 6.54 Å². The predicted octanol–water partition coefficient (Wildman–Crippen LogP) is 2.28. The van der Waals surface area contributed by atoms with Crippen molar-refractivity contribution in [3.8, 4) is 11.5 Å². The van der Waals surface area contributed by atoms with Crippen molar-refractivity contribution in [1.29, 1.82) is 0 Å². The van der Waals surface area contributed by atoms with Crippen molar-refractivity contribution >= 4 is 0 Å². The van der Waals surface area contributed by atoms with Crippen LogP contribution in [0.3, 0.4) is 0 Å². The van der Waals surface area contributed by atoms with E-state index in [4.69, 9.17) is 8.94 Å². The van der Waals surface area contributed by atoms with Crippen molar-refractivity contribution in [2.24, 2.45) is 0 Å². The van der Waals surface area contributed by atoms with Gasteiger partial charge in [0.05, 0.1) is 17.6 Å². The Hall–Kier alpha value is -1.59. The fraction of sp³-hybridized carbons (Fsp3) is 0.500. The van der Waals surface area contributed by atoms with Gasteiger partial charge in [-0.1, -0.05) is 5.16 Å². The maximum atomic E-state index is 10.1. The summed E-state index contributed by atoms with van der Waals surface area (Å²) in [5.41, 5.74) is 0.273. The number of hydrogen-bond acceptors (Lipinski definition) is 5. The smallest absolute Gasteiger partial charge is 0.202 e. The lowest BCUT2D eigenvalue weighted by molar-refractivity contribution is -0.0187. The van der Waals surface area contributed by atoms with Crippen molar-refractivity contribution in [2.75, 3.05) is 13.1 Å². The molecule has 0 saturated carbocycles. The highest BCUT2D eigenvalue weighted by molar-refractivity contribution is 5.49. The second kappa shape index (κ2) is 4.83. The summed E-state index contributed by atoms with van der Waals surface area (Å²) in [6, 6.07) is 5.55. The van der Waals surface area contributed by atoms with E-state index in [-0.39, 0.29) is 0 Å². The first kappa shape index (κ1) is 12.4. The number of nitrogens with zero attached hydrogens (tertiary/aromatic N) is 2. The van der Waals surface area contributed by atoms with Gasteiger partial charge in [-0.05, 0) is 38.4 Å². The van der Waals surface area contributed by atoms with Gasteiger partial charge in [0.2, 0.25) is 5.76 Å². The van der Waals surface area contributed by atoms with E-state index in [1.807, 2.05) is 25.1 Å². The first-order chi connectivity index (χ1) is 9.12. The quantitative estimate of drug-likeness (QED) is 0.919. The summed E-state index contributed by atoms with van der Waals surface area (Å²) in [6.07, 6.45) is 3.48. The molecule has 2 aromatic rings. The van der Waals surface area contributed by atoms with Crippen molar-refractivity contribution < 1.29 is 14.0 Å². The molecule has 0 aromatic carbocycles. The van der Waals surface area contributed by atoms with Gasteiger partial charge in [-0.3, -0.25) is 4.90 Å². The van der Waals surface area contributed by atoms with Crippen LogP contribution in [0.2, 0.25) is 0 Å². The molecule has 1 atom stereocenters. The Morgan fingerprint density at radius 2 is 2.37 bits per heavy atom. The van der Waals surface area contributed by atoms with E-state index in [9.17, 15) is 5.11 Å². The van der Waals surface area contributed by atoms with Gasteiger partial charge in [0.25, 0.3) is 0 Å². The number of piperidine rings is 1. The normalized spacial score (nSPS) is 24.7. The highest BCUT2D eigenvalue weighted by atomic mass is 16.5. The Balaban J connectivity index is 1.67. The number of β-amino-alcohol motifs (C(OH)–C–C–N with tert-alkyl or cyclic N) is 1. The average Bonchev–Trinajstić information content (AvgIpc) is 2.96. The summed E-state index contributed by atoms with van der Waals surface area (Å²) in [4.78, 5) is 2.20. The molecule has 0 amide bonds. The zero-order valence-electron chi connectivity index (χ0n) is 11.0. The maximum Gasteiger partial charge on any atom is 0.202 e. The molecule has 0 aliphatic carbocycles. The van der Waals surface area contributed by atoms with Crippen LogP contribution in [0.25, 0.3) is 11.5 Å². The van der Waals surface area contributed by atoms with Crippen molar-refractivity contribution in [3.63, 3.8) is 0 Å². The van der Waals surface area contributed by atoms with Crippen molar-refractivity contribution in [1.82, 2.24) is 10.1 Å². The topological polar surface area (TPSA) is 62.6 Å². The van der Waals surface area contributed by atoms with Gasteiger partial charge in [0.15, 0.2) is 5.76 Å². The number of furan rings is 1. The highest BCUT2D eigenvalue weighted by Gasteiger charge is 2.28. The van der Waals surface area contributed by atoms with Gasteiger partial charge in [-0.15, -0.1) is 0 Å². The number of likely N-dealkylation sites (tertiary alicyclic amines) is 1. The van der Waals surface area contributed by atoms with E-state index in [1.165, 1.54) is 0 Å². The lowest BCUT2D eigenvalue weighted by Gasteiger charge is -2.36. The fourth-order valence-corrected chi connectivity index (χ4v) is 2.61. The first-order valence-electron chi connectivity index (χ1n) is 6.57. The van der Waals surface area contributed by atoms with E-state index in [2.05, 4.69) is 10.1 Å². The molecule has 1 aliphatic heterocycles. The molecule has 1 saturated heterocycles. The van der Waals surface area contributed by atoms with Crippen LogP contribution in [0.15, 0.2) is 33.4 Å². The number of aromatic nitrogens is 1. The third-order valence-electron chi connectivity index (χ3n) is 3.46. The third kappa shape index (κ3) is 2.88. The first-order valence-corrected chi connectivity index (χ1v) is 6.57. The number of hydrogen-bond donors (Lipinski definition) is 1. The second-order valence-electron chi connectivity index (χ2n) is 5.47. The van der Waals surface area contributed by atoms with Gasteiger partial charge in [-0.25, -0.2) is 0 Å². The summed E-state index contributed by atoms with van der Waals surface area (Å²) < 4.78 is 10.5. The Labute approximate surface area is 111 Å². The third-order valence-corrected chi connectivity index (χ3v) is 3.46. The monoisotopic (exact) mass is 262 g/mol. The molecule has 0 bridgehead atoms. The molecule has 1 N–H and O–H groups in total. The molecule has 0 spiro atoms. The molecule has 2 aromatic heterocycles.